The van der Waals surface area contributed by atoms with Crippen molar-refractivity contribution in [1.29, 1.82) is 0 Å². The standard InChI is InChI=1S/C10H8Br2N2OS2/c1-5-4-16-8(14-5)3-13-10(15)7-2-6(11)9(12)17-7/h2,4H,3H2,1H3,(H,13,15). The molecule has 0 aliphatic carbocycles. The molecule has 1 amide bonds. The molecule has 0 saturated heterocycles. The van der Waals surface area contributed by atoms with Gasteiger partial charge in [0.05, 0.1) is 15.2 Å². The van der Waals surface area contributed by atoms with Gasteiger partial charge in [-0.05, 0) is 44.8 Å². The first-order valence-corrected chi connectivity index (χ1v) is 7.98. The SMILES string of the molecule is Cc1csc(CNC(=O)c2cc(Br)c(Br)s2)n1. The second-order valence-electron chi connectivity index (χ2n) is 3.30. The molecular formula is C10H8Br2N2OS2. The summed E-state index contributed by atoms with van der Waals surface area (Å²) in [4.78, 5) is 16.8. The molecular weight excluding hydrogens is 388 g/mol. The number of carbonyl (C=O) groups excluding carboxylic acids is 1. The number of thiazole rings is 1. The molecule has 2 heterocycles. The Balaban J connectivity index is 1.98. The number of hydrogen-bond donors (Lipinski definition) is 1. The maximum absolute atomic E-state index is 11.8. The summed E-state index contributed by atoms with van der Waals surface area (Å²) in [5.41, 5.74) is 0.987. The van der Waals surface area contributed by atoms with E-state index in [1.54, 1.807) is 17.4 Å². The first-order valence-electron chi connectivity index (χ1n) is 4.70. The Hall–Kier alpha value is -0.240. The van der Waals surface area contributed by atoms with Crippen molar-refractivity contribution in [2.75, 3.05) is 0 Å². The van der Waals surface area contributed by atoms with Crippen molar-refractivity contribution in [3.8, 4) is 0 Å². The normalized spacial score (nSPS) is 10.5. The van der Waals surface area contributed by atoms with Crippen LogP contribution in [0.15, 0.2) is 19.7 Å². The summed E-state index contributed by atoms with van der Waals surface area (Å²) in [6, 6.07) is 1.80. The third kappa shape index (κ3) is 3.37. The fourth-order valence-corrected chi connectivity index (χ4v) is 3.85. The van der Waals surface area contributed by atoms with Gasteiger partial charge < -0.3 is 5.32 Å². The van der Waals surface area contributed by atoms with Crippen LogP contribution in [-0.2, 0) is 6.54 Å². The maximum atomic E-state index is 11.8. The molecule has 17 heavy (non-hydrogen) atoms. The smallest absolute Gasteiger partial charge is 0.261 e. The topological polar surface area (TPSA) is 42.0 Å². The number of hydrogen-bond acceptors (Lipinski definition) is 4. The number of rotatable bonds is 3. The lowest BCUT2D eigenvalue weighted by atomic mass is 10.4. The van der Waals surface area contributed by atoms with Gasteiger partial charge >= 0.3 is 0 Å². The van der Waals surface area contributed by atoms with Crippen LogP contribution >= 0.6 is 54.5 Å². The van der Waals surface area contributed by atoms with E-state index in [0.29, 0.717) is 11.4 Å². The number of carbonyl (C=O) groups is 1. The average Bonchev–Trinajstić information content (AvgIpc) is 2.83. The van der Waals surface area contributed by atoms with E-state index >= 15 is 0 Å². The summed E-state index contributed by atoms with van der Waals surface area (Å²) >= 11 is 9.68. The van der Waals surface area contributed by atoms with Gasteiger partial charge in [-0.1, -0.05) is 0 Å². The highest BCUT2D eigenvalue weighted by Gasteiger charge is 2.12. The van der Waals surface area contributed by atoms with Gasteiger partial charge in [0.15, 0.2) is 0 Å². The van der Waals surface area contributed by atoms with Crippen molar-refractivity contribution in [3.05, 3.63) is 35.3 Å². The van der Waals surface area contributed by atoms with Crippen LogP contribution in [0.1, 0.15) is 20.4 Å². The van der Waals surface area contributed by atoms with E-state index in [1.807, 2.05) is 12.3 Å². The molecule has 90 valence electrons. The van der Waals surface area contributed by atoms with Crippen LogP contribution in [0.2, 0.25) is 0 Å². The van der Waals surface area contributed by atoms with Crippen molar-refractivity contribution in [3.63, 3.8) is 0 Å². The Morgan fingerprint density at radius 1 is 1.53 bits per heavy atom. The Kier molecular flexibility index (Phi) is 4.35. The van der Waals surface area contributed by atoms with Gasteiger partial charge in [0.2, 0.25) is 0 Å². The molecule has 0 aromatic carbocycles. The van der Waals surface area contributed by atoms with Crippen LogP contribution in [0.3, 0.4) is 0 Å². The quantitative estimate of drug-likeness (QED) is 0.854. The van der Waals surface area contributed by atoms with Crippen molar-refractivity contribution in [2.24, 2.45) is 0 Å². The van der Waals surface area contributed by atoms with Crippen molar-refractivity contribution >= 4 is 60.4 Å². The fourth-order valence-electron chi connectivity index (χ4n) is 1.19. The highest BCUT2D eigenvalue weighted by atomic mass is 79.9. The van der Waals surface area contributed by atoms with Crippen LogP contribution in [0.25, 0.3) is 0 Å². The molecule has 0 saturated carbocycles. The van der Waals surface area contributed by atoms with E-state index in [0.717, 1.165) is 19.0 Å². The zero-order valence-corrected chi connectivity index (χ0v) is 13.6. The van der Waals surface area contributed by atoms with Gasteiger partial charge in [-0.25, -0.2) is 4.98 Å². The van der Waals surface area contributed by atoms with E-state index in [9.17, 15) is 4.79 Å². The molecule has 3 nitrogen and oxygen atoms in total. The first-order chi connectivity index (χ1) is 8.06. The summed E-state index contributed by atoms with van der Waals surface area (Å²) in [5, 5.41) is 5.74. The number of amides is 1. The summed E-state index contributed by atoms with van der Waals surface area (Å²) in [5.74, 6) is -0.0748. The number of halogens is 2. The molecule has 0 atom stereocenters. The summed E-state index contributed by atoms with van der Waals surface area (Å²) in [6.45, 7) is 2.42. The van der Waals surface area contributed by atoms with Gasteiger partial charge in [0.1, 0.15) is 5.01 Å². The lowest BCUT2D eigenvalue weighted by Gasteiger charge is -1.99. The monoisotopic (exact) mass is 394 g/mol. The second-order valence-corrected chi connectivity index (χ2v) is 7.46. The Morgan fingerprint density at radius 2 is 2.29 bits per heavy atom. The molecule has 0 spiro atoms. The Morgan fingerprint density at radius 3 is 2.82 bits per heavy atom. The third-order valence-corrected chi connectivity index (χ3v) is 6.16. The van der Waals surface area contributed by atoms with Crippen LogP contribution in [0, 0.1) is 6.92 Å². The highest BCUT2D eigenvalue weighted by molar-refractivity contribution is 9.13. The van der Waals surface area contributed by atoms with E-state index in [-0.39, 0.29) is 5.91 Å². The lowest BCUT2D eigenvalue weighted by molar-refractivity contribution is 0.0955. The maximum Gasteiger partial charge on any atom is 0.261 e. The molecule has 2 aromatic heterocycles. The van der Waals surface area contributed by atoms with E-state index in [2.05, 4.69) is 42.2 Å². The first kappa shape index (κ1) is 13.2. The minimum atomic E-state index is -0.0748. The number of aryl methyl sites for hydroxylation is 1. The predicted octanol–water partition coefficient (Wildman–Crippen LogP) is 3.97. The Labute approximate surface area is 124 Å². The van der Waals surface area contributed by atoms with Crippen molar-refractivity contribution < 1.29 is 4.79 Å². The zero-order chi connectivity index (χ0) is 12.4. The van der Waals surface area contributed by atoms with E-state index < -0.39 is 0 Å². The molecule has 2 aromatic rings. The van der Waals surface area contributed by atoms with Crippen LogP contribution < -0.4 is 5.32 Å². The van der Waals surface area contributed by atoms with Crippen molar-refractivity contribution in [2.45, 2.75) is 13.5 Å². The molecule has 0 fully saturated rings. The molecule has 0 aliphatic heterocycles. The lowest BCUT2D eigenvalue weighted by Crippen LogP contribution is -2.21. The van der Waals surface area contributed by atoms with Gasteiger partial charge in [0.25, 0.3) is 5.91 Å². The summed E-state index contributed by atoms with van der Waals surface area (Å²) in [7, 11) is 0. The molecule has 2 rings (SSSR count). The van der Waals surface area contributed by atoms with Gasteiger partial charge in [-0.15, -0.1) is 22.7 Å². The minimum Gasteiger partial charge on any atom is -0.345 e. The highest BCUT2D eigenvalue weighted by Crippen LogP contribution is 2.32. The average molecular weight is 396 g/mol. The molecule has 1 N–H and O–H groups in total. The van der Waals surface area contributed by atoms with Crippen LogP contribution in [0.5, 0.6) is 0 Å². The summed E-state index contributed by atoms with van der Waals surface area (Å²) < 4.78 is 1.82. The zero-order valence-electron chi connectivity index (χ0n) is 8.79. The largest absolute Gasteiger partial charge is 0.345 e. The van der Waals surface area contributed by atoms with Gasteiger partial charge in [0, 0.05) is 15.5 Å². The number of aromatic nitrogens is 1. The van der Waals surface area contributed by atoms with Crippen LogP contribution in [0.4, 0.5) is 0 Å². The number of nitrogens with one attached hydrogen (secondary N) is 1. The molecule has 7 heteroatoms. The fraction of sp³-hybridized carbons (Fsp3) is 0.200. The molecule has 0 radical (unpaired) electrons. The predicted molar refractivity (Wildman–Crippen MR) is 77.7 cm³/mol. The molecule has 0 unspecified atom stereocenters. The summed E-state index contributed by atoms with van der Waals surface area (Å²) in [6.07, 6.45) is 0. The Bertz CT molecular complexity index is 531. The minimum absolute atomic E-state index is 0.0748. The van der Waals surface area contributed by atoms with E-state index in [1.165, 1.54) is 11.3 Å². The van der Waals surface area contributed by atoms with Crippen molar-refractivity contribution in [1.82, 2.24) is 10.3 Å². The van der Waals surface area contributed by atoms with E-state index in [4.69, 9.17) is 0 Å². The third-order valence-electron chi connectivity index (χ3n) is 1.94. The van der Waals surface area contributed by atoms with Gasteiger partial charge in [-0.2, -0.15) is 0 Å². The van der Waals surface area contributed by atoms with Gasteiger partial charge in [-0.3, -0.25) is 4.79 Å². The van der Waals surface area contributed by atoms with Crippen LogP contribution in [-0.4, -0.2) is 10.9 Å². The number of thiophene rings is 1. The molecule has 0 bridgehead atoms. The molecule has 0 aliphatic rings. The second kappa shape index (κ2) is 5.60. The number of nitrogens with zero attached hydrogens (tertiary/aromatic N) is 1.